The van der Waals surface area contributed by atoms with Gasteiger partial charge in [-0.3, -0.25) is 9.52 Å². The van der Waals surface area contributed by atoms with E-state index in [-0.39, 0.29) is 10.8 Å². The molecule has 0 fully saturated rings. The number of sulfonamides is 1. The fraction of sp³-hybridized carbons (Fsp3) is 0.235. The van der Waals surface area contributed by atoms with E-state index in [0.29, 0.717) is 30.1 Å². The van der Waals surface area contributed by atoms with Gasteiger partial charge in [0.1, 0.15) is 0 Å². The molecule has 0 bridgehead atoms. The Bertz CT molecular complexity index is 879. The Morgan fingerprint density at radius 3 is 2.50 bits per heavy atom. The van der Waals surface area contributed by atoms with Gasteiger partial charge in [0.15, 0.2) is 0 Å². The fourth-order valence-electron chi connectivity index (χ4n) is 2.80. The summed E-state index contributed by atoms with van der Waals surface area (Å²) in [5, 5.41) is 0.479. The first kappa shape index (κ1) is 16.8. The Kier molecular flexibility index (Phi) is 4.51. The van der Waals surface area contributed by atoms with E-state index in [1.54, 1.807) is 23.1 Å². The van der Waals surface area contributed by atoms with Gasteiger partial charge in [0.2, 0.25) is 5.91 Å². The highest BCUT2D eigenvalue weighted by atomic mass is 35.5. The molecule has 24 heavy (non-hydrogen) atoms. The van der Waals surface area contributed by atoms with E-state index in [1.807, 2.05) is 6.92 Å². The van der Waals surface area contributed by atoms with E-state index in [9.17, 15) is 13.2 Å². The summed E-state index contributed by atoms with van der Waals surface area (Å²) in [6, 6.07) is 11.2. The molecule has 126 valence electrons. The van der Waals surface area contributed by atoms with Crippen molar-refractivity contribution >= 4 is 38.9 Å². The van der Waals surface area contributed by atoms with Crippen LogP contribution in [0.4, 0.5) is 11.4 Å². The topological polar surface area (TPSA) is 66.5 Å². The number of nitrogens with one attached hydrogen (secondary N) is 1. The maximum atomic E-state index is 12.4. The van der Waals surface area contributed by atoms with Gasteiger partial charge in [-0.2, -0.15) is 0 Å². The lowest BCUT2D eigenvalue weighted by molar-refractivity contribution is -0.118. The third kappa shape index (κ3) is 3.25. The van der Waals surface area contributed by atoms with Gasteiger partial charge >= 0.3 is 0 Å². The molecule has 0 spiro atoms. The molecule has 0 saturated heterocycles. The predicted molar refractivity (Wildman–Crippen MR) is 95.1 cm³/mol. The molecule has 5 nitrogen and oxygen atoms in total. The number of anilines is 2. The Labute approximate surface area is 146 Å². The first-order valence-electron chi connectivity index (χ1n) is 7.62. The number of nitrogens with zero attached hydrogens (tertiary/aromatic N) is 1. The molecule has 1 aliphatic heterocycles. The van der Waals surface area contributed by atoms with Crippen molar-refractivity contribution in [2.24, 2.45) is 0 Å². The molecule has 0 unspecified atom stereocenters. The van der Waals surface area contributed by atoms with Crippen molar-refractivity contribution in [3.63, 3.8) is 0 Å². The van der Waals surface area contributed by atoms with Crippen LogP contribution in [0.25, 0.3) is 0 Å². The lowest BCUT2D eigenvalue weighted by atomic mass is 10.0. The van der Waals surface area contributed by atoms with Gasteiger partial charge in [0.25, 0.3) is 10.0 Å². The normalized spacial score (nSPS) is 14.4. The first-order chi connectivity index (χ1) is 11.4. The second-order valence-corrected chi connectivity index (χ2v) is 7.66. The SMILES string of the molecule is CCN1C(=O)CCc2cc(NS(=O)(=O)c3ccc(Cl)cc3)ccc21. The number of halogens is 1. The summed E-state index contributed by atoms with van der Waals surface area (Å²) in [5.41, 5.74) is 2.30. The zero-order valence-corrected chi connectivity index (χ0v) is 14.7. The van der Waals surface area contributed by atoms with Crippen LogP contribution in [-0.2, 0) is 21.2 Å². The standard InChI is InChI=1S/C17H17ClN2O3S/c1-2-20-16-9-6-14(11-12(16)3-10-17(20)21)19-24(22,23)15-7-4-13(18)5-8-15/h4-9,11,19H,2-3,10H2,1H3. The van der Waals surface area contributed by atoms with Crippen molar-refractivity contribution in [2.75, 3.05) is 16.2 Å². The Morgan fingerprint density at radius 1 is 1.12 bits per heavy atom. The molecule has 0 atom stereocenters. The summed E-state index contributed by atoms with van der Waals surface area (Å²) >= 11 is 5.79. The highest BCUT2D eigenvalue weighted by Crippen LogP contribution is 2.31. The van der Waals surface area contributed by atoms with Crippen molar-refractivity contribution in [3.05, 3.63) is 53.1 Å². The molecule has 1 aliphatic rings. The van der Waals surface area contributed by atoms with Crippen LogP contribution in [-0.4, -0.2) is 20.9 Å². The van der Waals surface area contributed by atoms with Gasteiger partial charge in [-0.25, -0.2) is 8.42 Å². The molecule has 1 heterocycles. The molecule has 0 radical (unpaired) electrons. The summed E-state index contributed by atoms with van der Waals surface area (Å²) < 4.78 is 27.4. The van der Waals surface area contributed by atoms with Gasteiger partial charge in [-0.05, 0) is 61.4 Å². The quantitative estimate of drug-likeness (QED) is 0.903. The van der Waals surface area contributed by atoms with Gasteiger partial charge in [-0.1, -0.05) is 11.6 Å². The molecular formula is C17H17ClN2O3S. The van der Waals surface area contributed by atoms with Crippen molar-refractivity contribution in [3.8, 4) is 0 Å². The van der Waals surface area contributed by atoms with Gasteiger partial charge < -0.3 is 4.90 Å². The third-order valence-electron chi connectivity index (χ3n) is 3.97. The molecule has 3 rings (SSSR count). The molecular weight excluding hydrogens is 348 g/mol. The Balaban J connectivity index is 1.89. The summed E-state index contributed by atoms with van der Waals surface area (Å²) in [5.74, 6) is 0.0968. The average molecular weight is 365 g/mol. The van der Waals surface area contributed by atoms with Crippen LogP contribution in [0.3, 0.4) is 0 Å². The zero-order valence-electron chi connectivity index (χ0n) is 13.1. The summed E-state index contributed by atoms with van der Waals surface area (Å²) in [6.07, 6.45) is 1.05. The van der Waals surface area contributed by atoms with Crippen LogP contribution in [0, 0.1) is 0 Å². The molecule has 1 amide bonds. The number of carbonyl (C=O) groups excluding carboxylic acids is 1. The van der Waals surface area contributed by atoms with Crippen LogP contribution in [0.15, 0.2) is 47.4 Å². The molecule has 1 N–H and O–H groups in total. The van der Waals surface area contributed by atoms with E-state index in [4.69, 9.17) is 11.6 Å². The number of rotatable bonds is 4. The number of hydrogen-bond donors (Lipinski definition) is 1. The Hall–Kier alpha value is -2.05. The van der Waals surface area contributed by atoms with Gasteiger partial charge in [-0.15, -0.1) is 0 Å². The lowest BCUT2D eigenvalue weighted by Crippen LogP contribution is -2.34. The lowest BCUT2D eigenvalue weighted by Gasteiger charge is -2.28. The van der Waals surface area contributed by atoms with Crippen molar-refractivity contribution in [1.29, 1.82) is 0 Å². The highest BCUT2D eigenvalue weighted by molar-refractivity contribution is 7.92. The minimum Gasteiger partial charge on any atom is -0.312 e. The predicted octanol–water partition coefficient (Wildman–Crippen LogP) is 3.44. The van der Waals surface area contributed by atoms with Crippen molar-refractivity contribution in [2.45, 2.75) is 24.7 Å². The second kappa shape index (κ2) is 6.45. The summed E-state index contributed by atoms with van der Waals surface area (Å²) in [6.45, 7) is 2.52. The van der Waals surface area contributed by atoms with Crippen molar-refractivity contribution in [1.82, 2.24) is 0 Å². The van der Waals surface area contributed by atoms with Gasteiger partial charge in [0.05, 0.1) is 4.90 Å². The molecule has 0 aliphatic carbocycles. The van der Waals surface area contributed by atoms with Crippen molar-refractivity contribution < 1.29 is 13.2 Å². The van der Waals surface area contributed by atoms with Crippen LogP contribution in [0.2, 0.25) is 5.02 Å². The van der Waals surface area contributed by atoms with E-state index in [2.05, 4.69) is 4.72 Å². The monoisotopic (exact) mass is 364 g/mol. The van der Waals surface area contributed by atoms with Crippen LogP contribution in [0.5, 0.6) is 0 Å². The fourth-order valence-corrected chi connectivity index (χ4v) is 3.97. The number of hydrogen-bond acceptors (Lipinski definition) is 3. The average Bonchev–Trinajstić information content (AvgIpc) is 2.55. The second-order valence-electron chi connectivity index (χ2n) is 5.54. The number of aryl methyl sites for hydroxylation is 1. The van der Waals surface area contributed by atoms with Crippen LogP contribution >= 0.6 is 11.6 Å². The van der Waals surface area contributed by atoms with E-state index >= 15 is 0 Å². The minimum atomic E-state index is -3.68. The van der Waals surface area contributed by atoms with Crippen LogP contribution < -0.4 is 9.62 Å². The minimum absolute atomic E-state index is 0.0968. The molecule has 2 aromatic rings. The molecule has 0 aromatic heterocycles. The van der Waals surface area contributed by atoms with E-state index < -0.39 is 10.0 Å². The number of benzene rings is 2. The number of fused-ring (bicyclic) bond motifs is 1. The Morgan fingerprint density at radius 2 is 1.83 bits per heavy atom. The number of carbonyl (C=O) groups is 1. The molecule has 0 saturated carbocycles. The first-order valence-corrected chi connectivity index (χ1v) is 9.48. The largest absolute Gasteiger partial charge is 0.312 e. The number of amides is 1. The maximum absolute atomic E-state index is 12.4. The van der Waals surface area contributed by atoms with E-state index in [0.717, 1.165) is 11.3 Å². The molecule has 2 aromatic carbocycles. The molecule has 7 heteroatoms. The van der Waals surface area contributed by atoms with E-state index in [1.165, 1.54) is 24.3 Å². The summed E-state index contributed by atoms with van der Waals surface area (Å²) in [4.78, 5) is 13.8. The maximum Gasteiger partial charge on any atom is 0.261 e. The highest BCUT2D eigenvalue weighted by Gasteiger charge is 2.23. The smallest absolute Gasteiger partial charge is 0.261 e. The van der Waals surface area contributed by atoms with Crippen LogP contribution in [0.1, 0.15) is 18.9 Å². The third-order valence-corrected chi connectivity index (χ3v) is 5.62. The zero-order chi connectivity index (χ0) is 17.3. The van der Waals surface area contributed by atoms with Gasteiger partial charge in [0, 0.05) is 29.4 Å². The summed E-state index contributed by atoms with van der Waals surface area (Å²) in [7, 11) is -3.68.